The first-order chi connectivity index (χ1) is 12.9. The zero-order valence-electron chi connectivity index (χ0n) is 15.0. The Bertz CT molecular complexity index is 889. The Morgan fingerprint density at radius 1 is 1.33 bits per heavy atom. The third-order valence-corrected chi connectivity index (χ3v) is 5.46. The van der Waals surface area contributed by atoms with Crippen LogP contribution in [0.1, 0.15) is 41.5 Å². The van der Waals surface area contributed by atoms with Crippen molar-refractivity contribution in [2.75, 3.05) is 6.54 Å². The van der Waals surface area contributed by atoms with Gasteiger partial charge in [0.15, 0.2) is 5.69 Å². The van der Waals surface area contributed by atoms with E-state index in [2.05, 4.69) is 5.10 Å². The molecule has 2 heterocycles. The molecule has 0 bridgehead atoms. The molecule has 0 N–H and O–H groups in total. The molecular weight excluding hydrogens is 371 g/mol. The van der Waals surface area contributed by atoms with E-state index in [0.29, 0.717) is 35.9 Å². The van der Waals surface area contributed by atoms with Crippen molar-refractivity contribution in [3.05, 3.63) is 52.1 Å². The predicted octanol–water partition coefficient (Wildman–Crippen LogP) is 2.84. The molecule has 0 saturated heterocycles. The van der Waals surface area contributed by atoms with Crippen LogP contribution in [0.3, 0.4) is 0 Å². The Hall–Kier alpha value is -2.41. The van der Waals surface area contributed by atoms with Gasteiger partial charge >= 0.3 is 0 Å². The van der Waals surface area contributed by atoms with E-state index >= 15 is 0 Å². The molecule has 1 aliphatic heterocycles. The Morgan fingerprint density at radius 2 is 2.11 bits per heavy atom. The van der Waals surface area contributed by atoms with Crippen LogP contribution in [0.4, 0.5) is 4.39 Å². The molecule has 0 spiro atoms. The third kappa shape index (κ3) is 3.56. The van der Waals surface area contributed by atoms with Crippen molar-refractivity contribution in [2.24, 2.45) is 0 Å². The molecule has 8 heteroatoms. The highest BCUT2D eigenvalue weighted by molar-refractivity contribution is 6.31. The number of benzene rings is 1. The van der Waals surface area contributed by atoms with Crippen molar-refractivity contribution < 1.29 is 14.0 Å². The highest BCUT2D eigenvalue weighted by atomic mass is 35.5. The maximum atomic E-state index is 14.2. The maximum absolute atomic E-state index is 14.2. The number of rotatable bonds is 4. The first kappa shape index (κ1) is 18.0. The smallest absolute Gasteiger partial charge is 0.274 e. The molecule has 0 unspecified atom stereocenters. The standard InChI is InChI=1S/C19H20ClFN4O2/c1-12(26)23-7-8-25-14(10-23)9-18(22-25)19(27)24(13-5-6-13)11-15-16(20)3-2-4-17(15)21/h2-4,9,13H,5-8,10-11H2,1H3. The molecule has 2 aromatic rings. The summed E-state index contributed by atoms with van der Waals surface area (Å²) in [5.74, 6) is -0.639. The summed E-state index contributed by atoms with van der Waals surface area (Å²) < 4.78 is 16.0. The van der Waals surface area contributed by atoms with E-state index in [-0.39, 0.29) is 24.4 Å². The van der Waals surface area contributed by atoms with Crippen molar-refractivity contribution in [3.63, 3.8) is 0 Å². The van der Waals surface area contributed by atoms with Crippen LogP contribution in [0, 0.1) is 5.82 Å². The molecule has 1 aromatic carbocycles. The summed E-state index contributed by atoms with van der Waals surface area (Å²) in [4.78, 5) is 28.1. The Kier molecular flexibility index (Phi) is 4.63. The van der Waals surface area contributed by atoms with Crippen molar-refractivity contribution in [1.29, 1.82) is 0 Å². The minimum absolute atomic E-state index is 0.00382. The van der Waals surface area contributed by atoms with Gasteiger partial charge in [-0.1, -0.05) is 17.7 Å². The fourth-order valence-corrected chi connectivity index (χ4v) is 3.62. The first-order valence-corrected chi connectivity index (χ1v) is 9.38. The van der Waals surface area contributed by atoms with Crippen molar-refractivity contribution in [3.8, 4) is 0 Å². The number of nitrogens with zero attached hydrogens (tertiary/aromatic N) is 4. The monoisotopic (exact) mass is 390 g/mol. The molecule has 0 radical (unpaired) electrons. The summed E-state index contributed by atoms with van der Waals surface area (Å²) in [6.07, 6.45) is 1.78. The fraction of sp³-hybridized carbons (Fsp3) is 0.421. The highest BCUT2D eigenvalue weighted by Gasteiger charge is 2.35. The van der Waals surface area contributed by atoms with E-state index in [0.717, 1.165) is 18.5 Å². The van der Waals surface area contributed by atoms with Crippen LogP contribution in [0.2, 0.25) is 5.02 Å². The van der Waals surface area contributed by atoms with Gasteiger partial charge in [-0.3, -0.25) is 14.3 Å². The number of carbonyl (C=O) groups excluding carboxylic acids is 2. The lowest BCUT2D eigenvalue weighted by atomic mass is 10.2. The maximum Gasteiger partial charge on any atom is 0.274 e. The molecule has 2 aliphatic rings. The van der Waals surface area contributed by atoms with E-state index < -0.39 is 5.82 Å². The number of hydrogen-bond donors (Lipinski definition) is 0. The van der Waals surface area contributed by atoms with Gasteiger partial charge in [-0.25, -0.2) is 4.39 Å². The van der Waals surface area contributed by atoms with Crippen LogP contribution >= 0.6 is 11.6 Å². The van der Waals surface area contributed by atoms with Gasteiger partial charge < -0.3 is 9.80 Å². The minimum atomic E-state index is -0.415. The highest BCUT2D eigenvalue weighted by Crippen LogP contribution is 2.32. The van der Waals surface area contributed by atoms with Crippen LogP contribution < -0.4 is 0 Å². The van der Waals surface area contributed by atoms with E-state index in [1.54, 1.807) is 32.7 Å². The van der Waals surface area contributed by atoms with Crippen LogP contribution in [0.5, 0.6) is 0 Å². The molecular formula is C19H20ClFN4O2. The molecule has 4 rings (SSSR count). The average molecular weight is 391 g/mol. The Balaban J connectivity index is 1.58. The van der Waals surface area contributed by atoms with Crippen molar-refractivity contribution in [2.45, 2.75) is 45.4 Å². The molecule has 1 aliphatic carbocycles. The zero-order valence-corrected chi connectivity index (χ0v) is 15.7. The van der Waals surface area contributed by atoms with Gasteiger partial charge in [0.25, 0.3) is 5.91 Å². The number of aromatic nitrogens is 2. The fourth-order valence-electron chi connectivity index (χ4n) is 3.39. The number of amides is 2. The summed E-state index contributed by atoms with van der Waals surface area (Å²) >= 11 is 6.14. The number of fused-ring (bicyclic) bond motifs is 1. The van der Waals surface area contributed by atoms with Gasteiger partial charge in [0.2, 0.25) is 5.91 Å². The van der Waals surface area contributed by atoms with Gasteiger partial charge in [-0.15, -0.1) is 0 Å². The zero-order chi connectivity index (χ0) is 19.1. The average Bonchev–Trinajstić information content (AvgIpc) is 3.38. The predicted molar refractivity (Wildman–Crippen MR) is 97.6 cm³/mol. The van der Waals surface area contributed by atoms with Gasteiger partial charge in [0, 0.05) is 30.1 Å². The van der Waals surface area contributed by atoms with Crippen molar-refractivity contribution >= 4 is 23.4 Å². The largest absolute Gasteiger partial charge is 0.335 e. The quantitative estimate of drug-likeness (QED) is 0.806. The second-order valence-electron chi connectivity index (χ2n) is 7.05. The number of halogens is 2. The summed E-state index contributed by atoms with van der Waals surface area (Å²) in [6.45, 7) is 3.24. The second-order valence-corrected chi connectivity index (χ2v) is 7.46. The molecule has 0 atom stereocenters. The lowest BCUT2D eigenvalue weighted by Crippen LogP contribution is -2.37. The van der Waals surface area contributed by atoms with E-state index in [1.165, 1.54) is 13.0 Å². The van der Waals surface area contributed by atoms with Crippen molar-refractivity contribution in [1.82, 2.24) is 19.6 Å². The Labute approximate surface area is 161 Å². The van der Waals surface area contributed by atoms with Gasteiger partial charge in [-0.05, 0) is 31.0 Å². The summed E-state index contributed by atoms with van der Waals surface area (Å²) in [7, 11) is 0. The summed E-state index contributed by atoms with van der Waals surface area (Å²) in [5, 5.41) is 4.74. The lowest BCUT2D eigenvalue weighted by Gasteiger charge is -2.26. The summed E-state index contributed by atoms with van der Waals surface area (Å²) in [6, 6.07) is 6.34. The minimum Gasteiger partial charge on any atom is -0.335 e. The van der Waals surface area contributed by atoms with E-state index in [4.69, 9.17) is 11.6 Å². The SMILES string of the molecule is CC(=O)N1CCn2nc(C(=O)N(Cc3c(F)cccc3Cl)C3CC3)cc2C1. The molecule has 142 valence electrons. The Morgan fingerprint density at radius 3 is 2.78 bits per heavy atom. The molecule has 1 saturated carbocycles. The first-order valence-electron chi connectivity index (χ1n) is 9.00. The molecule has 6 nitrogen and oxygen atoms in total. The van der Waals surface area contributed by atoms with Crippen LogP contribution in [-0.4, -0.2) is 44.0 Å². The molecule has 27 heavy (non-hydrogen) atoms. The van der Waals surface area contributed by atoms with Crippen LogP contribution in [0.15, 0.2) is 24.3 Å². The number of hydrogen-bond acceptors (Lipinski definition) is 3. The second kappa shape index (κ2) is 6.96. The molecule has 1 fully saturated rings. The number of carbonyl (C=O) groups is 2. The molecule has 1 aromatic heterocycles. The molecule has 2 amide bonds. The van der Waals surface area contributed by atoms with E-state index in [1.807, 2.05) is 0 Å². The summed E-state index contributed by atoms with van der Waals surface area (Å²) in [5.41, 5.74) is 1.49. The normalized spacial score (nSPS) is 16.2. The van der Waals surface area contributed by atoms with E-state index in [9.17, 15) is 14.0 Å². The lowest BCUT2D eigenvalue weighted by molar-refractivity contribution is -0.130. The topological polar surface area (TPSA) is 58.4 Å². The van der Waals surface area contributed by atoms with Gasteiger partial charge in [0.1, 0.15) is 5.82 Å². The van der Waals surface area contributed by atoms with Crippen LogP contribution in [-0.2, 0) is 24.4 Å². The van der Waals surface area contributed by atoms with Gasteiger partial charge in [-0.2, -0.15) is 5.10 Å². The van der Waals surface area contributed by atoms with Crippen LogP contribution in [0.25, 0.3) is 0 Å². The van der Waals surface area contributed by atoms with Gasteiger partial charge in [0.05, 0.1) is 25.3 Å². The third-order valence-electron chi connectivity index (χ3n) is 5.10.